The van der Waals surface area contributed by atoms with Crippen molar-refractivity contribution in [1.82, 2.24) is 15.5 Å². The van der Waals surface area contributed by atoms with Crippen molar-refractivity contribution in [3.05, 3.63) is 5.89 Å². The van der Waals surface area contributed by atoms with Crippen LogP contribution in [-0.4, -0.2) is 28.4 Å². The maximum Gasteiger partial charge on any atom is 0.277 e. The molecule has 0 saturated carbocycles. The van der Waals surface area contributed by atoms with Gasteiger partial charge < -0.3 is 9.73 Å². The molecule has 0 aliphatic carbocycles. The van der Waals surface area contributed by atoms with Crippen LogP contribution in [0.25, 0.3) is 0 Å². The Morgan fingerprint density at radius 1 is 1.62 bits per heavy atom. The van der Waals surface area contributed by atoms with E-state index in [9.17, 15) is 4.79 Å². The average molecular weight is 201 g/mol. The summed E-state index contributed by atoms with van der Waals surface area (Å²) in [5, 5.41) is 10.2. The molecular weight excluding hydrogens is 190 g/mol. The molecule has 1 N–H and O–H groups in total. The largest absolute Gasteiger partial charge is 0.416 e. The first-order chi connectivity index (χ1) is 6.13. The van der Waals surface area contributed by atoms with E-state index >= 15 is 0 Å². The average Bonchev–Trinajstić information content (AvgIpc) is 2.49. The zero-order valence-electron chi connectivity index (χ0n) is 7.70. The number of hydrogen-bond donors (Lipinski definition) is 1. The molecule has 1 aromatic heterocycles. The van der Waals surface area contributed by atoms with Crippen LogP contribution in [0, 0.1) is 6.92 Å². The van der Waals surface area contributed by atoms with Crippen molar-refractivity contribution in [1.29, 1.82) is 0 Å². The second kappa shape index (κ2) is 4.27. The molecule has 6 heteroatoms. The molecule has 0 aliphatic rings. The van der Waals surface area contributed by atoms with Crippen LogP contribution in [0.4, 0.5) is 0 Å². The highest BCUT2D eigenvalue weighted by atomic mass is 32.2. The normalized spacial score (nSPS) is 12.5. The van der Waals surface area contributed by atoms with Gasteiger partial charge in [0.05, 0.1) is 5.25 Å². The Kier molecular flexibility index (Phi) is 3.30. The van der Waals surface area contributed by atoms with Crippen molar-refractivity contribution in [2.45, 2.75) is 24.3 Å². The van der Waals surface area contributed by atoms with E-state index in [1.54, 1.807) is 20.9 Å². The fourth-order valence-electron chi connectivity index (χ4n) is 0.734. The number of aromatic nitrogens is 2. The van der Waals surface area contributed by atoms with Crippen molar-refractivity contribution < 1.29 is 9.21 Å². The summed E-state index contributed by atoms with van der Waals surface area (Å²) in [6, 6.07) is 0. The third-order valence-corrected chi connectivity index (χ3v) is 2.33. The van der Waals surface area contributed by atoms with Crippen molar-refractivity contribution >= 4 is 17.7 Å². The van der Waals surface area contributed by atoms with Crippen LogP contribution < -0.4 is 5.32 Å². The van der Waals surface area contributed by atoms with Gasteiger partial charge in [0, 0.05) is 14.0 Å². The first kappa shape index (κ1) is 10.0. The fourth-order valence-corrected chi connectivity index (χ4v) is 1.52. The highest BCUT2D eigenvalue weighted by Crippen LogP contribution is 2.21. The Bertz CT molecular complexity index is 300. The number of amides is 1. The molecule has 0 fully saturated rings. The number of carbonyl (C=O) groups excluding carboxylic acids is 1. The van der Waals surface area contributed by atoms with Gasteiger partial charge in [-0.05, 0) is 6.92 Å². The lowest BCUT2D eigenvalue weighted by Gasteiger charge is -2.04. The SMILES string of the molecule is CNC(=O)[C@H](C)Sc1nnc(C)o1. The minimum absolute atomic E-state index is 0.0548. The van der Waals surface area contributed by atoms with Gasteiger partial charge in [0.25, 0.3) is 5.22 Å². The maximum absolute atomic E-state index is 11.1. The molecule has 72 valence electrons. The third kappa shape index (κ3) is 2.73. The van der Waals surface area contributed by atoms with Crippen LogP contribution >= 0.6 is 11.8 Å². The zero-order valence-corrected chi connectivity index (χ0v) is 8.51. The van der Waals surface area contributed by atoms with Gasteiger partial charge in [-0.15, -0.1) is 10.2 Å². The summed E-state index contributed by atoms with van der Waals surface area (Å²) < 4.78 is 5.11. The Morgan fingerprint density at radius 3 is 2.77 bits per heavy atom. The van der Waals surface area contributed by atoms with Gasteiger partial charge in [0.15, 0.2) is 0 Å². The number of nitrogens with one attached hydrogen (secondary N) is 1. The van der Waals surface area contributed by atoms with Crippen LogP contribution in [0.2, 0.25) is 0 Å². The molecule has 0 spiro atoms. The highest BCUT2D eigenvalue weighted by Gasteiger charge is 2.15. The monoisotopic (exact) mass is 201 g/mol. The summed E-state index contributed by atoms with van der Waals surface area (Å²) in [4.78, 5) is 11.1. The summed E-state index contributed by atoms with van der Waals surface area (Å²) in [5.41, 5.74) is 0. The van der Waals surface area contributed by atoms with Gasteiger partial charge in [-0.25, -0.2) is 0 Å². The molecule has 1 heterocycles. The van der Waals surface area contributed by atoms with Crippen molar-refractivity contribution in [2.75, 3.05) is 7.05 Å². The van der Waals surface area contributed by atoms with Crippen LogP contribution in [0.3, 0.4) is 0 Å². The maximum atomic E-state index is 11.1. The van der Waals surface area contributed by atoms with Gasteiger partial charge in [-0.1, -0.05) is 11.8 Å². The Labute approximate surface area is 80.3 Å². The lowest BCUT2D eigenvalue weighted by Crippen LogP contribution is -2.27. The second-order valence-corrected chi connectivity index (χ2v) is 3.75. The third-order valence-electron chi connectivity index (χ3n) is 1.40. The van der Waals surface area contributed by atoms with E-state index in [1.807, 2.05) is 0 Å². The van der Waals surface area contributed by atoms with E-state index in [-0.39, 0.29) is 11.2 Å². The van der Waals surface area contributed by atoms with Gasteiger partial charge in [0.1, 0.15) is 0 Å². The van der Waals surface area contributed by atoms with Crippen molar-refractivity contribution in [3.63, 3.8) is 0 Å². The summed E-state index contributed by atoms with van der Waals surface area (Å²) in [6.45, 7) is 3.49. The standard InChI is InChI=1S/C7H11N3O2S/c1-4(6(11)8-3)13-7-10-9-5(2)12-7/h4H,1-3H3,(H,8,11)/t4-/m0/s1. The minimum atomic E-state index is -0.218. The Hall–Kier alpha value is -1.04. The lowest BCUT2D eigenvalue weighted by atomic mass is 10.4. The van der Waals surface area contributed by atoms with Gasteiger partial charge >= 0.3 is 0 Å². The van der Waals surface area contributed by atoms with Crippen LogP contribution in [0.1, 0.15) is 12.8 Å². The number of aryl methyl sites for hydroxylation is 1. The first-order valence-corrected chi connectivity index (χ1v) is 4.70. The second-order valence-electron chi connectivity index (χ2n) is 2.46. The molecule has 1 aromatic rings. The molecule has 0 aliphatic heterocycles. The fraction of sp³-hybridized carbons (Fsp3) is 0.571. The molecule has 0 bridgehead atoms. The zero-order chi connectivity index (χ0) is 9.84. The quantitative estimate of drug-likeness (QED) is 0.725. The highest BCUT2D eigenvalue weighted by molar-refractivity contribution is 8.00. The van der Waals surface area contributed by atoms with Crippen LogP contribution in [0.15, 0.2) is 9.64 Å². The molecule has 1 amide bonds. The van der Waals surface area contributed by atoms with E-state index in [2.05, 4.69) is 15.5 Å². The Morgan fingerprint density at radius 2 is 2.31 bits per heavy atom. The molecular formula is C7H11N3O2S. The molecule has 0 radical (unpaired) electrons. The lowest BCUT2D eigenvalue weighted by molar-refractivity contribution is -0.119. The van der Waals surface area contributed by atoms with Gasteiger partial charge in [0.2, 0.25) is 11.8 Å². The van der Waals surface area contributed by atoms with Crippen LogP contribution in [-0.2, 0) is 4.79 Å². The first-order valence-electron chi connectivity index (χ1n) is 3.82. The molecule has 1 atom stereocenters. The number of thioether (sulfide) groups is 1. The van der Waals surface area contributed by atoms with Gasteiger partial charge in [-0.3, -0.25) is 4.79 Å². The Balaban J connectivity index is 2.54. The van der Waals surface area contributed by atoms with E-state index in [0.29, 0.717) is 11.1 Å². The summed E-state index contributed by atoms with van der Waals surface area (Å²) in [6.07, 6.45) is 0. The topological polar surface area (TPSA) is 68.0 Å². The molecule has 5 nitrogen and oxygen atoms in total. The van der Waals surface area contributed by atoms with Crippen molar-refractivity contribution in [3.8, 4) is 0 Å². The smallest absolute Gasteiger partial charge is 0.277 e. The number of carbonyl (C=O) groups is 1. The predicted molar refractivity (Wildman–Crippen MR) is 48.4 cm³/mol. The summed E-state index contributed by atoms with van der Waals surface area (Å²) in [7, 11) is 1.60. The molecule has 0 aromatic carbocycles. The van der Waals surface area contributed by atoms with Crippen molar-refractivity contribution in [2.24, 2.45) is 0 Å². The molecule has 0 saturated heterocycles. The number of nitrogens with zero attached hydrogens (tertiary/aromatic N) is 2. The number of rotatable bonds is 3. The van der Waals surface area contributed by atoms with E-state index < -0.39 is 0 Å². The number of hydrogen-bond acceptors (Lipinski definition) is 5. The van der Waals surface area contributed by atoms with Gasteiger partial charge in [-0.2, -0.15) is 0 Å². The molecule has 13 heavy (non-hydrogen) atoms. The summed E-state index contributed by atoms with van der Waals surface area (Å²) >= 11 is 1.24. The molecule has 0 unspecified atom stereocenters. The van der Waals surface area contributed by atoms with E-state index in [0.717, 1.165) is 0 Å². The summed E-state index contributed by atoms with van der Waals surface area (Å²) in [5.74, 6) is 0.451. The van der Waals surface area contributed by atoms with E-state index in [1.165, 1.54) is 11.8 Å². The van der Waals surface area contributed by atoms with Crippen LogP contribution in [0.5, 0.6) is 0 Å². The predicted octanol–water partition coefficient (Wildman–Crippen LogP) is 0.605. The minimum Gasteiger partial charge on any atom is -0.416 e. The molecule has 1 rings (SSSR count). The van der Waals surface area contributed by atoms with E-state index in [4.69, 9.17) is 4.42 Å².